The van der Waals surface area contributed by atoms with Crippen molar-refractivity contribution in [2.24, 2.45) is 11.5 Å². The molecule has 0 saturated carbocycles. The Kier molecular flexibility index (Phi) is 13.0. The van der Waals surface area contributed by atoms with Crippen molar-refractivity contribution in [3.05, 3.63) is 117 Å². The van der Waals surface area contributed by atoms with Crippen LogP contribution in [0, 0.1) is 0 Å². The van der Waals surface area contributed by atoms with Crippen molar-refractivity contribution < 1.29 is 37.6 Å². The van der Waals surface area contributed by atoms with Crippen LogP contribution in [0.25, 0.3) is 11.1 Å². The van der Waals surface area contributed by atoms with E-state index < -0.39 is 38.3 Å². The Bertz CT molecular complexity index is 1590. The molecule has 10 nitrogen and oxygen atoms in total. The highest BCUT2D eigenvalue weighted by molar-refractivity contribution is 7.58. The highest BCUT2D eigenvalue weighted by atomic mass is 31.2. The van der Waals surface area contributed by atoms with Crippen molar-refractivity contribution in [2.45, 2.75) is 66.5 Å². The van der Waals surface area contributed by atoms with E-state index in [1.54, 1.807) is 38.1 Å². The summed E-state index contributed by atoms with van der Waals surface area (Å²) in [5.41, 5.74) is 14.8. The zero-order chi connectivity index (χ0) is 34.1. The first-order chi connectivity index (χ1) is 21.9. The molecule has 0 aromatic heterocycles. The van der Waals surface area contributed by atoms with Crippen molar-refractivity contribution in [2.75, 3.05) is 0 Å². The van der Waals surface area contributed by atoms with Crippen LogP contribution in [0.1, 0.15) is 96.3 Å². The minimum Gasteiger partial charge on any atom is -0.385 e. The molecule has 246 valence electrons. The molecule has 0 aliphatic rings. The molecule has 12 heteroatoms. The third kappa shape index (κ3) is 8.59. The van der Waals surface area contributed by atoms with Gasteiger partial charge in [-0.3, -0.25) is 0 Å². The molecule has 3 aromatic carbocycles. The summed E-state index contributed by atoms with van der Waals surface area (Å²) >= 11 is 0. The van der Waals surface area contributed by atoms with E-state index in [2.05, 4.69) is 0 Å². The Balaban J connectivity index is 1.95. The van der Waals surface area contributed by atoms with Crippen molar-refractivity contribution >= 4 is 38.3 Å². The number of allylic oxidation sites excluding steroid dienone is 4. The standard InChI is InChI=1S/C34H42N2O8P2/c1-5-27(25-17-13-23(21-35)14-18-25)31(7-3)45(39,40)43-33(37)29-11-9-10-12-30(29)34(38)44-46(41,42)32(8-4)28(6-2)26-19-15-24(22-36)16-20-26/h9-20H,5-8,21-22,35-36H2,1-4H3,(H,39,40)(H,41,42). The van der Waals surface area contributed by atoms with Crippen LogP contribution in [0.5, 0.6) is 0 Å². The molecule has 0 fully saturated rings. The molecule has 3 rings (SSSR count). The van der Waals surface area contributed by atoms with E-state index in [9.17, 15) is 28.5 Å². The molecule has 0 bridgehead atoms. The molecular formula is C34H42N2O8P2. The lowest BCUT2D eigenvalue weighted by atomic mass is 10.0. The molecule has 2 atom stereocenters. The van der Waals surface area contributed by atoms with Gasteiger partial charge in [-0.1, -0.05) is 88.4 Å². The van der Waals surface area contributed by atoms with E-state index in [4.69, 9.17) is 20.5 Å². The number of rotatable bonds is 14. The lowest BCUT2D eigenvalue weighted by Gasteiger charge is -2.20. The number of carbonyl (C=O) groups is 2. The lowest BCUT2D eigenvalue weighted by Crippen LogP contribution is -2.14. The van der Waals surface area contributed by atoms with Gasteiger partial charge in [0.2, 0.25) is 0 Å². The minimum atomic E-state index is -4.72. The molecule has 0 aliphatic carbocycles. The molecule has 0 amide bonds. The van der Waals surface area contributed by atoms with Crippen molar-refractivity contribution in [3.8, 4) is 0 Å². The predicted octanol–water partition coefficient (Wildman–Crippen LogP) is 7.75. The van der Waals surface area contributed by atoms with Gasteiger partial charge in [-0.25, -0.2) is 18.7 Å². The van der Waals surface area contributed by atoms with E-state index in [0.717, 1.165) is 11.1 Å². The van der Waals surface area contributed by atoms with Crippen LogP contribution in [0.4, 0.5) is 0 Å². The molecule has 6 N–H and O–H groups in total. The van der Waals surface area contributed by atoms with Crippen LogP contribution in [0.3, 0.4) is 0 Å². The van der Waals surface area contributed by atoms with Gasteiger partial charge < -0.3 is 30.3 Å². The van der Waals surface area contributed by atoms with Gasteiger partial charge in [0, 0.05) is 13.1 Å². The normalized spacial score (nSPS) is 15.1. The third-order valence-electron chi connectivity index (χ3n) is 7.61. The zero-order valence-corrected chi connectivity index (χ0v) is 28.4. The second-order valence-corrected chi connectivity index (χ2v) is 13.9. The molecule has 0 spiro atoms. The highest BCUT2D eigenvalue weighted by Crippen LogP contribution is 2.57. The van der Waals surface area contributed by atoms with Gasteiger partial charge >= 0.3 is 27.1 Å². The van der Waals surface area contributed by atoms with Crippen LogP contribution >= 0.6 is 15.2 Å². The van der Waals surface area contributed by atoms with E-state index in [1.807, 2.05) is 38.1 Å². The maximum Gasteiger partial charge on any atom is 0.406 e. The summed E-state index contributed by atoms with van der Waals surface area (Å²) in [5, 5.41) is 0.0983. The lowest BCUT2D eigenvalue weighted by molar-refractivity contribution is 0.0674. The monoisotopic (exact) mass is 668 g/mol. The summed E-state index contributed by atoms with van der Waals surface area (Å²) in [6.45, 7) is 7.68. The number of benzene rings is 3. The van der Waals surface area contributed by atoms with Crippen LogP contribution < -0.4 is 11.5 Å². The quantitative estimate of drug-likeness (QED) is 0.124. The molecule has 0 aliphatic heterocycles. The first-order valence-corrected chi connectivity index (χ1v) is 18.3. The second-order valence-electron chi connectivity index (χ2n) is 10.4. The van der Waals surface area contributed by atoms with Gasteiger partial charge in [-0.05, 0) is 71.2 Å². The summed E-state index contributed by atoms with van der Waals surface area (Å²) in [4.78, 5) is 48.8. The second kappa shape index (κ2) is 16.3. The predicted molar refractivity (Wildman–Crippen MR) is 181 cm³/mol. The number of hydrogen-bond donors (Lipinski definition) is 4. The van der Waals surface area contributed by atoms with Crippen LogP contribution in [-0.2, 0) is 31.3 Å². The zero-order valence-electron chi connectivity index (χ0n) is 26.6. The van der Waals surface area contributed by atoms with Crippen molar-refractivity contribution in [1.82, 2.24) is 0 Å². The van der Waals surface area contributed by atoms with Gasteiger partial charge in [0.1, 0.15) is 0 Å². The Morgan fingerprint density at radius 2 is 0.913 bits per heavy atom. The maximum atomic E-state index is 13.6. The number of carbonyl (C=O) groups excluding carboxylic acids is 2. The third-order valence-corrected chi connectivity index (χ3v) is 11.0. The fourth-order valence-corrected chi connectivity index (χ4v) is 8.20. The summed E-state index contributed by atoms with van der Waals surface area (Å²) in [5.74, 6) is -2.52. The summed E-state index contributed by atoms with van der Waals surface area (Å²) in [6.07, 6.45) is 0.987. The Hall–Kier alpha value is -3.62. The molecule has 0 saturated heterocycles. The first kappa shape index (κ1) is 36.8. The van der Waals surface area contributed by atoms with Gasteiger partial charge in [0.25, 0.3) is 0 Å². The van der Waals surface area contributed by atoms with Crippen molar-refractivity contribution in [3.63, 3.8) is 0 Å². The average molecular weight is 669 g/mol. The van der Waals surface area contributed by atoms with Gasteiger partial charge in [-0.2, -0.15) is 0 Å². The van der Waals surface area contributed by atoms with Crippen LogP contribution in [0.15, 0.2) is 83.4 Å². The van der Waals surface area contributed by atoms with Crippen LogP contribution in [0.2, 0.25) is 0 Å². The largest absolute Gasteiger partial charge is 0.406 e. The molecular weight excluding hydrogens is 626 g/mol. The molecule has 0 radical (unpaired) electrons. The first-order valence-electron chi connectivity index (χ1n) is 15.1. The number of nitrogens with two attached hydrogens (primary N) is 2. The fourth-order valence-electron chi connectivity index (χ4n) is 5.27. The topological polar surface area (TPSA) is 179 Å². The maximum absolute atomic E-state index is 13.6. The van der Waals surface area contributed by atoms with Gasteiger partial charge in [0.15, 0.2) is 0 Å². The van der Waals surface area contributed by atoms with E-state index in [0.29, 0.717) is 48.2 Å². The molecule has 3 aromatic rings. The van der Waals surface area contributed by atoms with E-state index >= 15 is 0 Å². The molecule has 2 unspecified atom stereocenters. The van der Waals surface area contributed by atoms with Gasteiger partial charge in [0.05, 0.1) is 21.8 Å². The number of hydrogen-bond acceptors (Lipinski definition) is 8. The smallest absolute Gasteiger partial charge is 0.385 e. The van der Waals surface area contributed by atoms with Gasteiger partial charge in [-0.15, -0.1) is 0 Å². The molecule has 46 heavy (non-hydrogen) atoms. The summed E-state index contributed by atoms with van der Waals surface area (Å²) < 4.78 is 37.5. The SMILES string of the molecule is CCC(=C(CC)P(=O)(O)OC(=O)c1ccccc1C(=O)OP(=O)(O)C(CC)=C(CC)c1ccc(CN)cc1)c1ccc(CN)cc1. The van der Waals surface area contributed by atoms with E-state index in [1.165, 1.54) is 24.3 Å². The summed E-state index contributed by atoms with van der Waals surface area (Å²) in [7, 11) is -9.43. The van der Waals surface area contributed by atoms with Crippen molar-refractivity contribution in [1.29, 1.82) is 0 Å². The summed E-state index contributed by atoms with van der Waals surface area (Å²) in [6, 6.07) is 19.7. The highest BCUT2D eigenvalue weighted by Gasteiger charge is 2.36. The molecule has 0 heterocycles. The average Bonchev–Trinajstić information content (AvgIpc) is 3.05. The van der Waals surface area contributed by atoms with E-state index in [-0.39, 0.29) is 23.5 Å². The minimum absolute atomic E-state index is 0.0491. The Labute approximate surface area is 270 Å². The fraction of sp³-hybridized carbons (Fsp3) is 0.294. The van der Waals surface area contributed by atoms with Crippen LogP contribution in [-0.4, -0.2) is 21.7 Å². The Morgan fingerprint density at radius 1 is 0.587 bits per heavy atom. The Morgan fingerprint density at radius 3 is 1.17 bits per heavy atom.